The van der Waals surface area contributed by atoms with Crippen LogP contribution in [0.2, 0.25) is 0 Å². The lowest BCUT2D eigenvalue weighted by Crippen LogP contribution is -2.40. The number of hydrogen-bond donors (Lipinski definition) is 2. The van der Waals surface area contributed by atoms with Gasteiger partial charge in [0.2, 0.25) is 0 Å². The van der Waals surface area contributed by atoms with Gasteiger partial charge in [-0.3, -0.25) is 0 Å². The fraction of sp³-hybridized carbons (Fsp3) is 0.435. The van der Waals surface area contributed by atoms with Gasteiger partial charge in [0.05, 0.1) is 6.04 Å². The van der Waals surface area contributed by atoms with E-state index in [1.807, 2.05) is 0 Å². The molecule has 3 nitrogen and oxygen atoms in total. The summed E-state index contributed by atoms with van der Waals surface area (Å²) >= 11 is 0. The van der Waals surface area contributed by atoms with Crippen molar-refractivity contribution >= 4 is 6.09 Å². The van der Waals surface area contributed by atoms with Gasteiger partial charge < -0.3 is 10.4 Å². The van der Waals surface area contributed by atoms with E-state index < -0.39 is 6.09 Å². The van der Waals surface area contributed by atoms with E-state index in [1.54, 1.807) is 0 Å². The average molecular weight is 351 g/mol. The summed E-state index contributed by atoms with van der Waals surface area (Å²) in [5.74, 6) is 0. The van der Waals surface area contributed by atoms with Gasteiger partial charge >= 0.3 is 6.09 Å². The molecule has 2 aromatic rings. The number of hydrogen-bond acceptors (Lipinski definition) is 1. The van der Waals surface area contributed by atoms with Gasteiger partial charge in [0.1, 0.15) is 0 Å². The van der Waals surface area contributed by atoms with Crippen LogP contribution in [-0.2, 0) is 11.8 Å². The van der Waals surface area contributed by atoms with Crippen molar-refractivity contribution in [2.75, 3.05) is 0 Å². The molecular formula is C23H29NO2. The van der Waals surface area contributed by atoms with Crippen molar-refractivity contribution in [3.05, 3.63) is 59.2 Å². The first-order valence-electron chi connectivity index (χ1n) is 9.31. The van der Waals surface area contributed by atoms with Gasteiger partial charge in [0.15, 0.2) is 0 Å². The molecule has 3 rings (SSSR count). The lowest BCUT2D eigenvalue weighted by molar-refractivity contribution is 0.161. The molecule has 2 N–H and O–H groups in total. The molecule has 0 heterocycles. The number of fused-ring (bicyclic) bond motifs is 1. The Morgan fingerprint density at radius 3 is 2.46 bits per heavy atom. The molecule has 0 aliphatic heterocycles. The van der Waals surface area contributed by atoms with Gasteiger partial charge in [-0.1, -0.05) is 77.1 Å². The lowest BCUT2D eigenvalue weighted by Gasteiger charge is -2.40. The van der Waals surface area contributed by atoms with E-state index in [-0.39, 0.29) is 16.9 Å². The molecule has 1 amide bonds. The summed E-state index contributed by atoms with van der Waals surface area (Å²) in [6, 6.07) is 15.0. The van der Waals surface area contributed by atoms with E-state index in [0.29, 0.717) is 0 Å². The number of benzene rings is 2. The maximum atomic E-state index is 11.3. The van der Waals surface area contributed by atoms with Crippen LogP contribution < -0.4 is 5.32 Å². The summed E-state index contributed by atoms with van der Waals surface area (Å²) in [5, 5.41) is 12.0. The molecule has 1 unspecified atom stereocenters. The van der Waals surface area contributed by atoms with Gasteiger partial charge in [-0.2, -0.15) is 0 Å². The van der Waals surface area contributed by atoms with Gasteiger partial charge in [-0.15, -0.1) is 0 Å². The average Bonchev–Trinajstić information content (AvgIpc) is 2.56. The van der Waals surface area contributed by atoms with E-state index in [9.17, 15) is 9.90 Å². The standard InChI is InChI=1S/C23H29NO2/c1-22(2,3)18-8-6-7-15(14-18)16-9-10-19-17(13-16)11-12-23(4,5)20(19)24-21(25)26/h6-10,13-14,20,24H,11-12H2,1-5H3,(H,25,26). The summed E-state index contributed by atoms with van der Waals surface area (Å²) in [7, 11) is 0. The fourth-order valence-electron chi connectivity index (χ4n) is 3.87. The van der Waals surface area contributed by atoms with Crippen LogP contribution in [0.5, 0.6) is 0 Å². The van der Waals surface area contributed by atoms with E-state index >= 15 is 0 Å². The molecule has 0 spiro atoms. The van der Waals surface area contributed by atoms with E-state index in [4.69, 9.17) is 0 Å². The maximum absolute atomic E-state index is 11.3. The fourth-order valence-corrected chi connectivity index (χ4v) is 3.87. The van der Waals surface area contributed by atoms with Crippen molar-refractivity contribution in [1.29, 1.82) is 0 Å². The monoisotopic (exact) mass is 351 g/mol. The Hall–Kier alpha value is -2.29. The molecule has 3 heteroatoms. The summed E-state index contributed by atoms with van der Waals surface area (Å²) in [6.07, 6.45) is 0.987. The van der Waals surface area contributed by atoms with Gasteiger partial charge in [-0.25, -0.2) is 4.79 Å². The molecule has 0 saturated carbocycles. The normalized spacial score (nSPS) is 18.9. The Bertz CT molecular complexity index is 830. The van der Waals surface area contributed by atoms with Crippen LogP contribution in [0.4, 0.5) is 4.79 Å². The third-order valence-electron chi connectivity index (χ3n) is 5.60. The summed E-state index contributed by atoms with van der Waals surface area (Å²) in [4.78, 5) is 11.3. The number of rotatable bonds is 2. The molecule has 26 heavy (non-hydrogen) atoms. The maximum Gasteiger partial charge on any atom is 0.405 e. The van der Waals surface area contributed by atoms with Crippen LogP contribution in [0.1, 0.15) is 63.8 Å². The predicted molar refractivity (Wildman–Crippen MR) is 107 cm³/mol. The highest BCUT2D eigenvalue weighted by Crippen LogP contribution is 2.44. The van der Waals surface area contributed by atoms with Crippen LogP contribution in [0, 0.1) is 5.41 Å². The zero-order chi connectivity index (χ0) is 19.1. The number of carbonyl (C=O) groups is 1. The Labute approximate surface area is 156 Å². The minimum Gasteiger partial charge on any atom is -0.465 e. The van der Waals surface area contributed by atoms with Gasteiger partial charge in [-0.05, 0) is 51.5 Å². The van der Waals surface area contributed by atoms with Crippen molar-refractivity contribution in [1.82, 2.24) is 5.32 Å². The largest absolute Gasteiger partial charge is 0.465 e. The van der Waals surface area contributed by atoms with Gasteiger partial charge in [0, 0.05) is 0 Å². The molecule has 0 aromatic heterocycles. The Morgan fingerprint density at radius 1 is 1.12 bits per heavy atom. The van der Waals surface area contributed by atoms with Crippen molar-refractivity contribution in [2.45, 2.75) is 58.9 Å². The summed E-state index contributed by atoms with van der Waals surface area (Å²) in [6.45, 7) is 10.9. The first kappa shape index (κ1) is 18.5. The highest BCUT2D eigenvalue weighted by molar-refractivity contribution is 5.68. The molecule has 138 valence electrons. The van der Waals surface area contributed by atoms with Crippen molar-refractivity contribution in [3.8, 4) is 11.1 Å². The Balaban J connectivity index is 2.01. The minimum absolute atomic E-state index is 0.0843. The summed E-state index contributed by atoms with van der Waals surface area (Å²) in [5.41, 5.74) is 6.13. The second-order valence-electron chi connectivity index (χ2n) is 9.12. The van der Waals surface area contributed by atoms with Crippen LogP contribution in [0.3, 0.4) is 0 Å². The molecule has 0 radical (unpaired) electrons. The molecule has 1 aliphatic rings. The van der Waals surface area contributed by atoms with Crippen molar-refractivity contribution in [2.24, 2.45) is 5.41 Å². The highest BCUT2D eigenvalue weighted by atomic mass is 16.4. The number of amides is 1. The van der Waals surface area contributed by atoms with Gasteiger partial charge in [0.25, 0.3) is 0 Å². The van der Waals surface area contributed by atoms with E-state index in [2.05, 4.69) is 82.4 Å². The first-order chi connectivity index (χ1) is 12.1. The molecule has 2 aromatic carbocycles. The Morgan fingerprint density at radius 2 is 1.81 bits per heavy atom. The molecule has 1 aliphatic carbocycles. The van der Waals surface area contributed by atoms with Crippen LogP contribution in [-0.4, -0.2) is 11.2 Å². The van der Waals surface area contributed by atoms with Crippen LogP contribution in [0.15, 0.2) is 42.5 Å². The second kappa shape index (κ2) is 6.46. The first-order valence-corrected chi connectivity index (χ1v) is 9.31. The number of aryl methyl sites for hydroxylation is 1. The van der Waals surface area contributed by atoms with Crippen molar-refractivity contribution < 1.29 is 9.90 Å². The third kappa shape index (κ3) is 3.62. The molecular weight excluding hydrogens is 322 g/mol. The predicted octanol–water partition coefficient (Wildman–Crippen LogP) is 5.93. The van der Waals surface area contributed by atoms with Crippen LogP contribution in [0.25, 0.3) is 11.1 Å². The quantitative estimate of drug-likeness (QED) is 0.704. The summed E-state index contributed by atoms with van der Waals surface area (Å²) < 4.78 is 0. The van der Waals surface area contributed by atoms with E-state index in [1.165, 1.54) is 22.3 Å². The van der Waals surface area contributed by atoms with E-state index in [0.717, 1.165) is 18.4 Å². The Kier molecular flexibility index (Phi) is 4.60. The molecule has 0 saturated heterocycles. The topological polar surface area (TPSA) is 49.3 Å². The number of nitrogens with one attached hydrogen (secondary N) is 1. The number of carboxylic acid groups (broad SMARTS) is 1. The smallest absolute Gasteiger partial charge is 0.405 e. The minimum atomic E-state index is -0.960. The van der Waals surface area contributed by atoms with Crippen LogP contribution >= 0.6 is 0 Å². The zero-order valence-corrected chi connectivity index (χ0v) is 16.4. The molecule has 0 fully saturated rings. The lowest BCUT2D eigenvalue weighted by atomic mass is 9.70. The zero-order valence-electron chi connectivity index (χ0n) is 16.4. The highest BCUT2D eigenvalue weighted by Gasteiger charge is 2.37. The molecule has 1 atom stereocenters. The van der Waals surface area contributed by atoms with Crippen molar-refractivity contribution in [3.63, 3.8) is 0 Å². The SMILES string of the molecule is CC(C)(C)c1cccc(-c2ccc3c(c2)CCC(C)(C)C3NC(=O)O)c1. The third-order valence-corrected chi connectivity index (χ3v) is 5.60. The second-order valence-corrected chi connectivity index (χ2v) is 9.12. The molecule has 0 bridgehead atoms.